The van der Waals surface area contributed by atoms with E-state index in [1.165, 1.54) is 0 Å². The third-order valence-corrected chi connectivity index (χ3v) is 6.02. The third-order valence-electron chi connectivity index (χ3n) is 4.92. The standard InChI is InChI=1S/C23H12Cl4N4O/c24-12-4-6-14(16(26)9-12)18-11-19(29-23(32)28-18)22-21(15-7-5-13(25)10-17(15)27)30-20-3-1-2-8-31(20)22/h1-11H,(H,28,29,32). The first-order valence-corrected chi connectivity index (χ1v) is 10.9. The number of rotatable bonds is 3. The molecule has 3 heterocycles. The number of nitrogens with one attached hydrogen (secondary N) is 1. The fourth-order valence-electron chi connectivity index (χ4n) is 3.54. The highest BCUT2D eigenvalue weighted by atomic mass is 35.5. The summed E-state index contributed by atoms with van der Waals surface area (Å²) in [5, 5.41) is 1.84. The van der Waals surface area contributed by atoms with E-state index in [2.05, 4.69) is 9.97 Å². The number of pyridine rings is 1. The van der Waals surface area contributed by atoms with Crippen molar-refractivity contribution in [3.8, 4) is 33.9 Å². The van der Waals surface area contributed by atoms with Crippen molar-refractivity contribution >= 4 is 52.1 Å². The van der Waals surface area contributed by atoms with Crippen LogP contribution in [0.15, 0.2) is 71.7 Å². The molecule has 0 fully saturated rings. The first kappa shape index (κ1) is 21.0. The molecule has 0 saturated heterocycles. The minimum absolute atomic E-state index is 0.390. The Hall–Kier alpha value is -2.83. The second kappa shape index (κ2) is 8.26. The van der Waals surface area contributed by atoms with E-state index in [1.807, 2.05) is 28.8 Å². The fourth-order valence-corrected chi connectivity index (χ4v) is 4.55. The van der Waals surface area contributed by atoms with Crippen molar-refractivity contribution in [2.45, 2.75) is 0 Å². The molecular formula is C23H12Cl4N4O. The van der Waals surface area contributed by atoms with Gasteiger partial charge in [-0.1, -0.05) is 52.5 Å². The van der Waals surface area contributed by atoms with E-state index in [9.17, 15) is 4.79 Å². The maximum absolute atomic E-state index is 12.5. The average Bonchev–Trinajstić information content (AvgIpc) is 3.12. The normalized spacial score (nSPS) is 11.2. The van der Waals surface area contributed by atoms with Crippen LogP contribution in [0.1, 0.15) is 0 Å². The Balaban J connectivity index is 1.80. The molecule has 5 nitrogen and oxygen atoms in total. The van der Waals surface area contributed by atoms with Gasteiger partial charge in [-0.15, -0.1) is 0 Å². The number of fused-ring (bicyclic) bond motifs is 1. The van der Waals surface area contributed by atoms with Crippen molar-refractivity contribution in [2.75, 3.05) is 0 Å². The fraction of sp³-hybridized carbons (Fsp3) is 0. The van der Waals surface area contributed by atoms with Crippen molar-refractivity contribution in [3.63, 3.8) is 0 Å². The van der Waals surface area contributed by atoms with E-state index in [0.29, 0.717) is 59.6 Å². The molecule has 0 saturated carbocycles. The molecule has 5 rings (SSSR count). The second-order valence-electron chi connectivity index (χ2n) is 6.97. The van der Waals surface area contributed by atoms with Gasteiger partial charge in [-0.25, -0.2) is 9.78 Å². The lowest BCUT2D eigenvalue weighted by Gasteiger charge is -2.10. The molecule has 158 valence electrons. The largest absolute Gasteiger partial charge is 0.346 e. The highest BCUT2D eigenvalue weighted by molar-refractivity contribution is 6.37. The monoisotopic (exact) mass is 500 g/mol. The molecule has 2 aromatic carbocycles. The van der Waals surface area contributed by atoms with Crippen molar-refractivity contribution in [2.24, 2.45) is 0 Å². The molecule has 0 aliphatic heterocycles. The van der Waals surface area contributed by atoms with Crippen LogP contribution in [-0.4, -0.2) is 19.4 Å². The van der Waals surface area contributed by atoms with Gasteiger partial charge in [0.2, 0.25) is 0 Å². The van der Waals surface area contributed by atoms with E-state index < -0.39 is 5.69 Å². The van der Waals surface area contributed by atoms with Gasteiger partial charge in [0.25, 0.3) is 0 Å². The maximum Gasteiger partial charge on any atom is 0.346 e. The molecule has 0 atom stereocenters. The first-order valence-electron chi connectivity index (χ1n) is 9.40. The summed E-state index contributed by atoms with van der Waals surface area (Å²) in [6, 6.07) is 17.6. The Labute approximate surface area is 202 Å². The summed E-state index contributed by atoms with van der Waals surface area (Å²) in [5.74, 6) is 0. The minimum Gasteiger partial charge on any atom is -0.304 e. The van der Waals surface area contributed by atoms with Crippen LogP contribution in [0.2, 0.25) is 20.1 Å². The number of H-pyrrole nitrogens is 1. The van der Waals surface area contributed by atoms with Gasteiger partial charge in [-0.05, 0) is 54.6 Å². The summed E-state index contributed by atoms with van der Waals surface area (Å²) in [5.41, 5.74) is 3.58. The van der Waals surface area contributed by atoms with Crippen LogP contribution in [0.25, 0.3) is 39.5 Å². The summed E-state index contributed by atoms with van der Waals surface area (Å²) >= 11 is 25.0. The number of halogens is 4. The van der Waals surface area contributed by atoms with Gasteiger partial charge in [0.05, 0.1) is 27.1 Å². The molecule has 3 aromatic heterocycles. The molecule has 0 unspecified atom stereocenters. The maximum atomic E-state index is 12.5. The molecule has 0 radical (unpaired) electrons. The van der Waals surface area contributed by atoms with Crippen LogP contribution in [0.4, 0.5) is 0 Å². The van der Waals surface area contributed by atoms with Crippen molar-refractivity contribution in [3.05, 3.63) is 97.4 Å². The quantitative estimate of drug-likeness (QED) is 0.288. The second-order valence-corrected chi connectivity index (χ2v) is 8.66. The molecule has 9 heteroatoms. The lowest BCUT2D eigenvalue weighted by molar-refractivity contribution is 1.07. The summed E-state index contributed by atoms with van der Waals surface area (Å²) in [6.45, 7) is 0. The molecule has 32 heavy (non-hydrogen) atoms. The average molecular weight is 502 g/mol. The van der Waals surface area contributed by atoms with Crippen LogP contribution in [0.3, 0.4) is 0 Å². The molecule has 0 amide bonds. The number of hydrogen-bond acceptors (Lipinski definition) is 3. The Bertz CT molecular complexity index is 1560. The highest BCUT2D eigenvalue weighted by Gasteiger charge is 2.20. The Morgan fingerprint density at radius 1 is 0.781 bits per heavy atom. The third kappa shape index (κ3) is 3.78. The van der Waals surface area contributed by atoms with Crippen LogP contribution in [0, 0.1) is 0 Å². The summed E-state index contributed by atoms with van der Waals surface area (Å²) < 4.78 is 1.87. The summed E-state index contributed by atoms with van der Waals surface area (Å²) in [6.07, 6.45) is 1.86. The SMILES string of the molecule is O=c1nc(-c2ccc(Cl)cc2Cl)cc(-c2c(-c3ccc(Cl)cc3Cl)nc3ccccn23)[nH]1. The van der Waals surface area contributed by atoms with Gasteiger partial charge in [-0.3, -0.25) is 4.40 Å². The van der Waals surface area contributed by atoms with Gasteiger partial charge in [0.15, 0.2) is 0 Å². The van der Waals surface area contributed by atoms with Crippen LogP contribution in [0.5, 0.6) is 0 Å². The minimum atomic E-state index is -0.525. The molecule has 0 spiro atoms. The van der Waals surface area contributed by atoms with E-state index in [-0.39, 0.29) is 0 Å². The molecule has 0 aliphatic carbocycles. The van der Waals surface area contributed by atoms with Gasteiger partial charge in [0, 0.05) is 27.4 Å². The van der Waals surface area contributed by atoms with E-state index in [0.717, 1.165) is 0 Å². The zero-order valence-corrected chi connectivity index (χ0v) is 19.1. The van der Waals surface area contributed by atoms with Gasteiger partial charge >= 0.3 is 5.69 Å². The molecule has 5 aromatic rings. The number of imidazole rings is 1. The lowest BCUT2D eigenvalue weighted by atomic mass is 10.1. The predicted octanol–water partition coefficient (Wildman–Crippen LogP) is 7.03. The van der Waals surface area contributed by atoms with Crippen molar-refractivity contribution in [1.82, 2.24) is 19.4 Å². The zero-order valence-electron chi connectivity index (χ0n) is 16.1. The molecular weight excluding hydrogens is 490 g/mol. The highest BCUT2D eigenvalue weighted by Crippen LogP contribution is 2.37. The van der Waals surface area contributed by atoms with E-state index >= 15 is 0 Å². The predicted molar refractivity (Wildman–Crippen MR) is 130 cm³/mol. The molecule has 0 aliphatic rings. The van der Waals surface area contributed by atoms with Crippen LogP contribution >= 0.6 is 46.4 Å². The molecule has 0 bridgehead atoms. The van der Waals surface area contributed by atoms with E-state index in [1.54, 1.807) is 42.5 Å². The number of nitrogens with zero attached hydrogens (tertiary/aromatic N) is 3. The smallest absolute Gasteiger partial charge is 0.304 e. The summed E-state index contributed by atoms with van der Waals surface area (Å²) in [4.78, 5) is 24.2. The number of aromatic nitrogens is 4. The van der Waals surface area contributed by atoms with Crippen LogP contribution < -0.4 is 5.69 Å². The Morgan fingerprint density at radius 2 is 1.47 bits per heavy atom. The zero-order chi connectivity index (χ0) is 22.4. The van der Waals surface area contributed by atoms with Gasteiger partial charge in [0.1, 0.15) is 11.3 Å². The van der Waals surface area contributed by atoms with Crippen LogP contribution in [-0.2, 0) is 0 Å². The number of benzene rings is 2. The summed E-state index contributed by atoms with van der Waals surface area (Å²) in [7, 11) is 0. The first-order chi connectivity index (χ1) is 15.4. The molecule has 1 N–H and O–H groups in total. The van der Waals surface area contributed by atoms with Crippen molar-refractivity contribution < 1.29 is 0 Å². The Kier molecular flexibility index (Phi) is 5.43. The van der Waals surface area contributed by atoms with Gasteiger partial charge < -0.3 is 4.98 Å². The van der Waals surface area contributed by atoms with E-state index in [4.69, 9.17) is 51.4 Å². The Morgan fingerprint density at radius 3 is 2.16 bits per heavy atom. The lowest BCUT2D eigenvalue weighted by Crippen LogP contribution is -2.12. The van der Waals surface area contributed by atoms with Gasteiger partial charge in [-0.2, -0.15) is 4.98 Å². The van der Waals surface area contributed by atoms with Crippen molar-refractivity contribution in [1.29, 1.82) is 0 Å². The number of hydrogen-bond donors (Lipinski definition) is 1. The topological polar surface area (TPSA) is 63.1 Å². The number of aromatic amines is 1.